The molecule has 1 saturated heterocycles. The number of rotatable bonds is 5. The summed E-state index contributed by atoms with van der Waals surface area (Å²) in [6, 6.07) is 6.44. The van der Waals surface area contributed by atoms with Crippen molar-refractivity contribution >= 4 is 28.3 Å². The third kappa shape index (κ3) is 3.60. The molecule has 0 unspecified atom stereocenters. The van der Waals surface area contributed by atoms with Gasteiger partial charge in [0.15, 0.2) is 5.75 Å². The molecule has 3 aromatic heterocycles. The number of likely N-dealkylation sites (tertiary alicyclic amines) is 1. The minimum atomic E-state index is -1.00. The molecule has 2 atom stereocenters. The number of aliphatic hydroxyl groups is 1. The van der Waals surface area contributed by atoms with Gasteiger partial charge in [-0.3, -0.25) is 9.59 Å². The summed E-state index contributed by atoms with van der Waals surface area (Å²) in [5.74, 6) is 0.929. The lowest BCUT2D eigenvalue weighted by molar-refractivity contribution is 0.00585. The highest BCUT2D eigenvalue weighted by atomic mass is 19.1. The number of β-amino-alcohol motifs (C(OH)–C–C–N with tert-alkyl or cyclic N) is 1. The largest absolute Gasteiger partial charge is 0.460 e. The number of hydrogen-bond donors (Lipinski definition) is 2. The van der Waals surface area contributed by atoms with E-state index in [0.717, 1.165) is 5.56 Å². The molecule has 4 aromatic rings. The number of aliphatic hydroxyl groups excluding tert-OH is 1. The van der Waals surface area contributed by atoms with Crippen LogP contribution in [0.15, 0.2) is 41.1 Å². The van der Waals surface area contributed by atoms with E-state index < -0.39 is 18.3 Å². The Morgan fingerprint density at radius 3 is 2.72 bits per heavy atom. The summed E-state index contributed by atoms with van der Waals surface area (Å²) in [6.45, 7) is 4.17. The molecular weight excluding hydrogens is 467 g/mol. The van der Waals surface area contributed by atoms with E-state index in [0.29, 0.717) is 70.8 Å². The van der Waals surface area contributed by atoms with E-state index in [1.165, 1.54) is 0 Å². The van der Waals surface area contributed by atoms with Crippen LogP contribution in [0.2, 0.25) is 0 Å². The van der Waals surface area contributed by atoms with Crippen molar-refractivity contribution in [2.45, 2.75) is 45.0 Å². The van der Waals surface area contributed by atoms with Gasteiger partial charge >= 0.3 is 0 Å². The molecule has 9 nitrogen and oxygen atoms in total. The maximum absolute atomic E-state index is 13.6. The fraction of sp³-hybridized carbons (Fsp3) is 0.346. The van der Waals surface area contributed by atoms with Crippen LogP contribution in [0.25, 0.3) is 16.5 Å². The molecule has 1 aliphatic carbocycles. The van der Waals surface area contributed by atoms with Crippen molar-refractivity contribution in [3.8, 4) is 11.5 Å². The van der Waals surface area contributed by atoms with Crippen molar-refractivity contribution in [2.75, 3.05) is 13.1 Å². The molecule has 0 spiro atoms. The van der Waals surface area contributed by atoms with E-state index >= 15 is 0 Å². The summed E-state index contributed by atoms with van der Waals surface area (Å²) in [5.41, 5.74) is 2.74. The fourth-order valence-corrected chi connectivity index (χ4v) is 4.85. The lowest BCUT2D eigenvalue weighted by Crippen LogP contribution is -2.53. The number of fused-ring (bicyclic) bond motifs is 2. The molecule has 1 aliphatic heterocycles. The number of hydrogen-bond acceptors (Lipinski definition) is 6. The zero-order valence-corrected chi connectivity index (χ0v) is 19.8. The molecule has 1 aromatic carbocycles. The summed E-state index contributed by atoms with van der Waals surface area (Å²) < 4.78 is 27.2. The van der Waals surface area contributed by atoms with Crippen LogP contribution in [0, 0.1) is 13.8 Å². The fourth-order valence-electron chi connectivity index (χ4n) is 4.85. The highest BCUT2D eigenvalue weighted by Crippen LogP contribution is 2.35. The Kier molecular flexibility index (Phi) is 5.22. The highest BCUT2D eigenvalue weighted by Gasteiger charge is 2.34. The van der Waals surface area contributed by atoms with E-state index in [2.05, 4.69) is 10.4 Å². The molecule has 2 aliphatic rings. The van der Waals surface area contributed by atoms with Crippen molar-refractivity contribution in [1.29, 1.82) is 0 Å². The molecule has 2 N–H and O–H groups in total. The summed E-state index contributed by atoms with van der Waals surface area (Å²) in [4.78, 5) is 27.2. The Labute approximate surface area is 205 Å². The number of aryl methyl sites for hydroxylation is 2. The molecule has 2 amide bonds. The molecule has 10 heteroatoms. The Morgan fingerprint density at radius 2 is 2.03 bits per heavy atom. The topological polar surface area (TPSA) is 109 Å². The first-order valence-electron chi connectivity index (χ1n) is 11.9. The van der Waals surface area contributed by atoms with Crippen LogP contribution < -0.4 is 10.1 Å². The molecule has 1 saturated carbocycles. The van der Waals surface area contributed by atoms with E-state index in [1.54, 1.807) is 53.0 Å². The number of aromatic nitrogens is 2. The van der Waals surface area contributed by atoms with Crippen LogP contribution in [-0.4, -0.2) is 62.8 Å². The van der Waals surface area contributed by atoms with Gasteiger partial charge < -0.3 is 24.5 Å². The Balaban J connectivity index is 1.29. The van der Waals surface area contributed by atoms with Gasteiger partial charge in [-0.05, 0) is 44.4 Å². The number of amides is 2. The van der Waals surface area contributed by atoms with Crippen LogP contribution in [-0.2, 0) is 0 Å². The highest BCUT2D eigenvalue weighted by molar-refractivity contribution is 6.07. The smallest absolute Gasteiger partial charge is 0.255 e. The number of halogens is 1. The first-order chi connectivity index (χ1) is 17.3. The lowest BCUT2D eigenvalue weighted by Gasteiger charge is -2.35. The molecule has 4 heterocycles. The van der Waals surface area contributed by atoms with E-state index in [4.69, 9.17) is 9.15 Å². The van der Waals surface area contributed by atoms with E-state index in [9.17, 15) is 19.1 Å². The molecule has 6 rings (SSSR count). The second-order valence-corrected chi connectivity index (χ2v) is 9.49. The van der Waals surface area contributed by atoms with Gasteiger partial charge in [0.1, 0.15) is 28.8 Å². The van der Waals surface area contributed by atoms with Gasteiger partial charge in [0.2, 0.25) is 0 Å². The third-order valence-corrected chi connectivity index (χ3v) is 7.07. The Hall–Kier alpha value is -3.92. The first kappa shape index (κ1) is 22.5. The summed E-state index contributed by atoms with van der Waals surface area (Å²) in [5, 5.41) is 17.2. The maximum Gasteiger partial charge on any atom is 0.255 e. The minimum absolute atomic E-state index is 0.159. The number of furan rings is 1. The monoisotopic (exact) mass is 492 g/mol. The quantitative estimate of drug-likeness (QED) is 0.441. The number of alkyl halides is 1. The van der Waals surface area contributed by atoms with Gasteiger partial charge in [0, 0.05) is 36.8 Å². The SMILES string of the molecule is Cc1oc2cc(Oc3ccnn4cc(C(=O)N5CC(O)C5)c(C)c34)ccc2c1C(=O)N[C@@H]1CC[C@@H]1F. The number of nitrogens with zero attached hydrogens (tertiary/aromatic N) is 3. The van der Waals surface area contributed by atoms with Crippen molar-refractivity contribution in [3.63, 3.8) is 0 Å². The van der Waals surface area contributed by atoms with Crippen LogP contribution >= 0.6 is 0 Å². The molecule has 36 heavy (non-hydrogen) atoms. The van der Waals surface area contributed by atoms with Crippen LogP contribution in [0.1, 0.15) is 44.9 Å². The number of benzene rings is 1. The van der Waals surface area contributed by atoms with Crippen molar-refractivity contribution in [2.24, 2.45) is 0 Å². The zero-order valence-electron chi connectivity index (χ0n) is 19.8. The number of nitrogens with one attached hydrogen (secondary N) is 1. The Morgan fingerprint density at radius 1 is 1.22 bits per heavy atom. The predicted octanol–water partition coefficient (Wildman–Crippen LogP) is 3.54. The van der Waals surface area contributed by atoms with Crippen molar-refractivity contribution < 1.29 is 28.2 Å². The van der Waals surface area contributed by atoms with Crippen molar-refractivity contribution in [3.05, 3.63) is 59.1 Å². The van der Waals surface area contributed by atoms with Gasteiger partial charge in [-0.2, -0.15) is 5.10 Å². The van der Waals surface area contributed by atoms with Gasteiger partial charge in [0.05, 0.1) is 29.5 Å². The number of ether oxygens (including phenoxy) is 1. The Bertz CT molecular complexity index is 1520. The molecule has 2 fully saturated rings. The molecule has 186 valence electrons. The predicted molar refractivity (Wildman–Crippen MR) is 128 cm³/mol. The lowest BCUT2D eigenvalue weighted by atomic mass is 9.90. The summed E-state index contributed by atoms with van der Waals surface area (Å²) in [7, 11) is 0. The molecule has 0 bridgehead atoms. The van der Waals surface area contributed by atoms with Crippen LogP contribution in [0.4, 0.5) is 4.39 Å². The van der Waals surface area contributed by atoms with Crippen molar-refractivity contribution in [1.82, 2.24) is 19.8 Å². The third-order valence-electron chi connectivity index (χ3n) is 7.07. The second-order valence-electron chi connectivity index (χ2n) is 9.49. The second kappa shape index (κ2) is 8.34. The van der Waals surface area contributed by atoms with Gasteiger partial charge in [-0.1, -0.05) is 0 Å². The minimum Gasteiger partial charge on any atom is -0.460 e. The zero-order chi connectivity index (χ0) is 25.1. The summed E-state index contributed by atoms with van der Waals surface area (Å²) >= 11 is 0. The van der Waals surface area contributed by atoms with Gasteiger partial charge in [0.25, 0.3) is 11.8 Å². The average molecular weight is 493 g/mol. The normalized spacial score (nSPS) is 19.8. The number of carbonyl (C=O) groups is 2. The molecular formula is C26H25FN4O5. The number of carbonyl (C=O) groups excluding carboxylic acids is 2. The van der Waals surface area contributed by atoms with Gasteiger partial charge in [-0.25, -0.2) is 8.91 Å². The van der Waals surface area contributed by atoms with Crippen LogP contribution in [0.3, 0.4) is 0 Å². The maximum atomic E-state index is 13.6. The van der Waals surface area contributed by atoms with Crippen LogP contribution in [0.5, 0.6) is 11.5 Å². The first-order valence-corrected chi connectivity index (χ1v) is 11.9. The summed E-state index contributed by atoms with van der Waals surface area (Å²) in [6.07, 6.45) is 2.87. The average Bonchev–Trinajstić information content (AvgIpc) is 3.35. The molecule has 0 radical (unpaired) electrons. The van der Waals surface area contributed by atoms with E-state index in [-0.39, 0.29) is 11.8 Å². The van der Waals surface area contributed by atoms with Gasteiger partial charge in [-0.15, -0.1) is 0 Å². The van der Waals surface area contributed by atoms with E-state index in [1.807, 2.05) is 6.92 Å². The standard InChI is InChI=1S/C26H25FN4O5/c1-13-18(26(34)30-10-15(32)11-30)12-31-24(13)21(7-8-28-31)36-16-3-4-17-22(9-16)35-14(2)23(17)25(33)29-20-6-5-19(20)27/h3-4,7-9,12,15,19-20,32H,5-6,10-11H2,1-2H3,(H,29,33)/t19-,20+/m0/s1.